The fourth-order valence-corrected chi connectivity index (χ4v) is 4.67. The Labute approximate surface area is 251 Å². The fraction of sp³-hybridized carbons (Fsp3) is 0.314. The molecule has 43 heavy (non-hydrogen) atoms. The topological polar surface area (TPSA) is 112 Å². The van der Waals surface area contributed by atoms with Crippen molar-refractivity contribution in [2.75, 3.05) is 26.9 Å². The van der Waals surface area contributed by atoms with E-state index in [-0.39, 0.29) is 30.8 Å². The van der Waals surface area contributed by atoms with Crippen molar-refractivity contribution < 1.29 is 38.7 Å². The molecule has 0 saturated heterocycles. The van der Waals surface area contributed by atoms with Crippen molar-refractivity contribution in [3.8, 4) is 11.5 Å². The lowest BCUT2D eigenvalue weighted by Gasteiger charge is -2.26. The van der Waals surface area contributed by atoms with Gasteiger partial charge in [-0.1, -0.05) is 69.3 Å². The van der Waals surface area contributed by atoms with Gasteiger partial charge < -0.3 is 29.2 Å². The smallest absolute Gasteiger partial charge is 0.338 e. The first-order valence-electron chi connectivity index (χ1n) is 14.2. The van der Waals surface area contributed by atoms with Crippen LogP contribution in [0.25, 0.3) is 10.8 Å². The van der Waals surface area contributed by atoms with Crippen molar-refractivity contribution in [2.45, 2.75) is 44.8 Å². The average molecular weight is 587 g/mol. The lowest BCUT2D eigenvalue weighted by atomic mass is 9.78. The molecule has 0 radical (unpaired) electrons. The second kappa shape index (κ2) is 14.2. The molecule has 0 amide bonds. The quantitative estimate of drug-likeness (QED) is 0.192. The molecular weight excluding hydrogens is 548 g/mol. The van der Waals surface area contributed by atoms with Gasteiger partial charge in [0.2, 0.25) is 0 Å². The van der Waals surface area contributed by atoms with Crippen molar-refractivity contribution in [1.82, 2.24) is 0 Å². The maximum atomic E-state index is 12.8. The summed E-state index contributed by atoms with van der Waals surface area (Å²) in [7, 11) is 1.30. The number of ether oxygens (including phenoxy) is 4. The molecule has 0 saturated carbocycles. The van der Waals surface area contributed by atoms with Gasteiger partial charge in [0.15, 0.2) is 0 Å². The number of carbonyl (C=O) groups is 2. The Morgan fingerprint density at radius 2 is 1.14 bits per heavy atom. The lowest BCUT2D eigenvalue weighted by Crippen LogP contribution is -2.25. The Morgan fingerprint density at radius 3 is 1.60 bits per heavy atom. The Balaban J connectivity index is 1.31. The molecule has 0 bridgehead atoms. The van der Waals surface area contributed by atoms with Crippen LogP contribution < -0.4 is 9.47 Å². The minimum Gasteiger partial charge on any atom is -0.491 e. The van der Waals surface area contributed by atoms with E-state index in [1.54, 1.807) is 24.3 Å². The van der Waals surface area contributed by atoms with Gasteiger partial charge in [0.1, 0.15) is 37.4 Å². The molecule has 4 aromatic rings. The maximum Gasteiger partial charge on any atom is 0.338 e. The zero-order chi connectivity index (χ0) is 31.0. The zero-order valence-electron chi connectivity index (χ0n) is 24.9. The maximum absolute atomic E-state index is 12.8. The van der Waals surface area contributed by atoms with Crippen LogP contribution in [-0.2, 0) is 14.9 Å². The Hall–Kier alpha value is -4.40. The summed E-state index contributed by atoms with van der Waals surface area (Å²) >= 11 is 0. The second-order valence-corrected chi connectivity index (χ2v) is 10.8. The van der Waals surface area contributed by atoms with Gasteiger partial charge in [-0.15, -0.1) is 0 Å². The highest BCUT2D eigenvalue weighted by Gasteiger charge is 2.23. The second-order valence-electron chi connectivity index (χ2n) is 10.8. The molecule has 0 aliphatic carbocycles. The van der Waals surface area contributed by atoms with Crippen LogP contribution in [0, 0.1) is 0 Å². The number of aliphatic hydroxyl groups excluding tert-OH is 2. The number of aliphatic hydroxyl groups is 2. The summed E-state index contributed by atoms with van der Waals surface area (Å²) in [4.78, 5) is 24.9. The first kappa shape index (κ1) is 31.5. The van der Waals surface area contributed by atoms with Gasteiger partial charge in [0.05, 0.1) is 24.3 Å². The van der Waals surface area contributed by atoms with Crippen LogP contribution in [0.5, 0.6) is 11.5 Å². The predicted molar refractivity (Wildman–Crippen MR) is 164 cm³/mol. The standard InChI is InChI=1S/C35H38O8/c1-5-25(36)20-41-27-14-10-23(11-15-27)35(2,3)24-12-16-28(17-13-24)42-21-26(37)22-43-34(39)32-19-18-31(33(38)40-4)29-8-6-7-9-30(29)32/h6-19,25-26,36-37H,5,20-22H2,1-4H3. The van der Waals surface area contributed by atoms with Gasteiger partial charge in [0.25, 0.3) is 0 Å². The number of methoxy groups -OCH3 is 1. The number of benzene rings is 4. The van der Waals surface area contributed by atoms with Crippen molar-refractivity contribution in [3.63, 3.8) is 0 Å². The lowest BCUT2D eigenvalue weighted by molar-refractivity contribution is 0.0132. The third kappa shape index (κ3) is 7.71. The number of rotatable bonds is 13. The van der Waals surface area contributed by atoms with Gasteiger partial charge in [0, 0.05) is 5.41 Å². The first-order valence-corrected chi connectivity index (χ1v) is 14.2. The number of hydrogen-bond acceptors (Lipinski definition) is 8. The van der Waals surface area contributed by atoms with E-state index in [2.05, 4.69) is 13.8 Å². The molecule has 8 heteroatoms. The third-order valence-corrected chi connectivity index (χ3v) is 7.46. The van der Waals surface area contributed by atoms with Gasteiger partial charge in [-0.05, 0) is 64.7 Å². The van der Waals surface area contributed by atoms with Crippen molar-refractivity contribution in [2.24, 2.45) is 0 Å². The SMILES string of the molecule is CCC(O)COc1ccc(C(C)(C)c2ccc(OCC(O)COC(=O)c3ccc(C(=O)OC)c4ccccc34)cc2)cc1. The molecule has 8 nitrogen and oxygen atoms in total. The number of hydrogen-bond donors (Lipinski definition) is 2. The zero-order valence-corrected chi connectivity index (χ0v) is 24.9. The molecule has 0 aliphatic heterocycles. The fourth-order valence-electron chi connectivity index (χ4n) is 4.67. The molecule has 226 valence electrons. The molecule has 2 unspecified atom stereocenters. The summed E-state index contributed by atoms with van der Waals surface area (Å²) in [6.07, 6.45) is -0.878. The third-order valence-electron chi connectivity index (χ3n) is 7.46. The Morgan fingerprint density at radius 1 is 0.674 bits per heavy atom. The monoisotopic (exact) mass is 586 g/mol. The van der Waals surface area contributed by atoms with Gasteiger partial charge in [-0.25, -0.2) is 9.59 Å². The molecule has 0 spiro atoms. The molecule has 2 N–H and O–H groups in total. The van der Waals surface area contributed by atoms with E-state index in [9.17, 15) is 19.8 Å². The summed E-state index contributed by atoms with van der Waals surface area (Å²) < 4.78 is 21.6. The minimum atomic E-state index is -1.04. The number of fused-ring (bicyclic) bond motifs is 1. The van der Waals surface area contributed by atoms with Crippen molar-refractivity contribution in [1.29, 1.82) is 0 Å². The van der Waals surface area contributed by atoms with E-state index in [1.165, 1.54) is 19.2 Å². The van der Waals surface area contributed by atoms with Crippen LogP contribution in [-0.4, -0.2) is 61.3 Å². The summed E-state index contributed by atoms with van der Waals surface area (Å²) in [5, 5.41) is 21.3. The van der Waals surface area contributed by atoms with E-state index in [0.29, 0.717) is 34.3 Å². The molecular formula is C35H38O8. The number of carbonyl (C=O) groups excluding carboxylic acids is 2. The highest BCUT2D eigenvalue weighted by molar-refractivity contribution is 6.11. The molecule has 0 aromatic heterocycles. The van der Waals surface area contributed by atoms with Crippen LogP contribution in [0.15, 0.2) is 84.9 Å². The van der Waals surface area contributed by atoms with Gasteiger partial charge >= 0.3 is 11.9 Å². The first-order chi connectivity index (χ1) is 20.6. The van der Waals surface area contributed by atoms with Crippen LogP contribution in [0.3, 0.4) is 0 Å². The van der Waals surface area contributed by atoms with E-state index < -0.39 is 24.1 Å². The van der Waals surface area contributed by atoms with E-state index in [1.807, 2.05) is 55.5 Å². The minimum absolute atomic E-state index is 0.0633. The van der Waals surface area contributed by atoms with Crippen LogP contribution in [0.4, 0.5) is 0 Å². The van der Waals surface area contributed by atoms with Crippen molar-refractivity contribution in [3.05, 3.63) is 107 Å². The van der Waals surface area contributed by atoms with Gasteiger partial charge in [-0.2, -0.15) is 0 Å². The van der Waals surface area contributed by atoms with Crippen LogP contribution in [0.1, 0.15) is 59.0 Å². The highest BCUT2D eigenvalue weighted by Crippen LogP contribution is 2.33. The van der Waals surface area contributed by atoms with Crippen LogP contribution in [0.2, 0.25) is 0 Å². The molecule has 0 heterocycles. The molecule has 4 rings (SSSR count). The number of esters is 2. The summed E-state index contributed by atoms with van der Waals surface area (Å²) in [6.45, 7) is 6.12. The summed E-state index contributed by atoms with van der Waals surface area (Å²) in [5.74, 6) is 0.179. The Bertz CT molecular complexity index is 1530. The van der Waals surface area contributed by atoms with E-state index in [4.69, 9.17) is 18.9 Å². The molecule has 4 aromatic carbocycles. The largest absolute Gasteiger partial charge is 0.491 e. The van der Waals surface area contributed by atoms with E-state index in [0.717, 1.165) is 11.1 Å². The normalized spacial score (nSPS) is 12.8. The van der Waals surface area contributed by atoms with Crippen molar-refractivity contribution >= 4 is 22.7 Å². The summed E-state index contributed by atoms with van der Waals surface area (Å²) in [6, 6.07) is 25.5. The van der Waals surface area contributed by atoms with E-state index >= 15 is 0 Å². The highest BCUT2D eigenvalue weighted by atomic mass is 16.5. The molecule has 0 fully saturated rings. The van der Waals surface area contributed by atoms with Crippen LogP contribution >= 0.6 is 0 Å². The Kier molecular flexibility index (Phi) is 10.4. The average Bonchev–Trinajstić information content (AvgIpc) is 3.04. The predicted octanol–water partition coefficient (Wildman–Crippen LogP) is 5.70. The molecule has 2 atom stereocenters. The van der Waals surface area contributed by atoms with Gasteiger partial charge in [-0.3, -0.25) is 0 Å². The molecule has 0 aliphatic rings. The summed E-state index contributed by atoms with van der Waals surface area (Å²) in [5.41, 5.74) is 2.54.